The molecule has 1 heterocycles. The number of halogens is 1. The molecule has 0 unspecified atom stereocenters. The van der Waals surface area contributed by atoms with Crippen LogP contribution in [0.15, 0.2) is 12.1 Å². The van der Waals surface area contributed by atoms with Crippen molar-refractivity contribution in [3.63, 3.8) is 0 Å². The van der Waals surface area contributed by atoms with Crippen LogP contribution in [0.2, 0.25) is 0 Å². The van der Waals surface area contributed by atoms with Crippen LogP contribution in [0.1, 0.15) is 11.4 Å². The largest absolute Gasteiger partial charge is 0.490 e. The molecule has 4 nitrogen and oxygen atoms in total. The number of hydrogen-bond acceptors (Lipinski definition) is 4. The standard InChI is InChI=1S/C11H10FN3OS/c12-7-4-8-10(17-11(6-14)15-8)5-9(7)16-3-1-2-13/h4-5H,1-3,13H2/p+1. The molecular weight excluding hydrogens is 241 g/mol. The summed E-state index contributed by atoms with van der Waals surface area (Å²) in [5, 5.41) is 9.04. The number of quaternary nitrogens is 1. The molecule has 2 aromatic rings. The summed E-state index contributed by atoms with van der Waals surface area (Å²) in [6.45, 7) is 1.19. The second-order valence-corrected chi connectivity index (χ2v) is 4.47. The zero-order valence-corrected chi connectivity index (χ0v) is 9.89. The van der Waals surface area contributed by atoms with Crippen LogP contribution < -0.4 is 10.5 Å². The van der Waals surface area contributed by atoms with Crippen molar-refractivity contribution in [2.45, 2.75) is 6.42 Å². The maximum Gasteiger partial charge on any atom is 0.195 e. The Morgan fingerprint density at radius 2 is 2.35 bits per heavy atom. The number of rotatable bonds is 4. The number of nitrogens with zero attached hydrogens (tertiary/aromatic N) is 2. The van der Waals surface area contributed by atoms with Gasteiger partial charge in [-0.25, -0.2) is 9.37 Å². The van der Waals surface area contributed by atoms with E-state index < -0.39 is 5.82 Å². The Bertz CT molecular complexity index is 576. The quantitative estimate of drug-likeness (QED) is 0.834. The van der Waals surface area contributed by atoms with Crippen LogP contribution in [0.25, 0.3) is 10.2 Å². The topological polar surface area (TPSA) is 73.5 Å². The van der Waals surface area contributed by atoms with E-state index in [-0.39, 0.29) is 5.75 Å². The second-order valence-electron chi connectivity index (χ2n) is 3.44. The van der Waals surface area contributed by atoms with E-state index in [9.17, 15) is 4.39 Å². The molecule has 0 bridgehead atoms. The minimum atomic E-state index is -0.448. The van der Waals surface area contributed by atoms with Crippen molar-refractivity contribution in [3.8, 4) is 11.8 Å². The fraction of sp³-hybridized carbons (Fsp3) is 0.273. The summed E-state index contributed by atoms with van der Waals surface area (Å²) in [7, 11) is 0. The predicted octanol–water partition coefficient (Wildman–Crippen LogP) is 1.32. The van der Waals surface area contributed by atoms with Gasteiger partial charge in [-0.3, -0.25) is 0 Å². The number of ether oxygens (including phenoxy) is 1. The van der Waals surface area contributed by atoms with Crippen molar-refractivity contribution in [3.05, 3.63) is 23.0 Å². The van der Waals surface area contributed by atoms with Crippen LogP contribution in [0.3, 0.4) is 0 Å². The fourth-order valence-corrected chi connectivity index (χ4v) is 2.15. The molecule has 0 atom stereocenters. The second kappa shape index (κ2) is 5.08. The van der Waals surface area contributed by atoms with Crippen molar-refractivity contribution in [1.82, 2.24) is 4.98 Å². The number of hydrogen-bond donors (Lipinski definition) is 1. The van der Waals surface area contributed by atoms with Gasteiger partial charge >= 0.3 is 0 Å². The van der Waals surface area contributed by atoms with Crippen molar-refractivity contribution >= 4 is 21.6 Å². The van der Waals surface area contributed by atoms with E-state index >= 15 is 0 Å². The lowest BCUT2D eigenvalue weighted by molar-refractivity contribution is -0.368. The molecule has 0 saturated carbocycles. The summed E-state index contributed by atoms with van der Waals surface area (Å²) in [5.41, 5.74) is 4.18. The molecule has 0 amide bonds. The van der Waals surface area contributed by atoms with Gasteiger partial charge in [-0.2, -0.15) is 5.26 Å². The van der Waals surface area contributed by atoms with Crippen LogP contribution in [0.4, 0.5) is 4.39 Å². The van der Waals surface area contributed by atoms with Crippen LogP contribution >= 0.6 is 11.3 Å². The number of fused-ring (bicyclic) bond motifs is 1. The zero-order chi connectivity index (χ0) is 12.3. The SMILES string of the molecule is N#Cc1nc2cc(F)c(OCCC[NH3+])cc2s1. The summed E-state index contributed by atoms with van der Waals surface area (Å²) in [4.78, 5) is 3.98. The van der Waals surface area contributed by atoms with Crippen LogP contribution in [0.5, 0.6) is 5.75 Å². The molecule has 0 aliphatic carbocycles. The molecule has 17 heavy (non-hydrogen) atoms. The van der Waals surface area contributed by atoms with Crippen LogP contribution in [-0.2, 0) is 0 Å². The molecule has 1 aromatic carbocycles. The monoisotopic (exact) mass is 252 g/mol. The van der Waals surface area contributed by atoms with Gasteiger partial charge in [-0.1, -0.05) is 0 Å². The van der Waals surface area contributed by atoms with Crippen molar-refractivity contribution in [2.24, 2.45) is 0 Å². The molecule has 6 heteroatoms. The highest BCUT2D eigenvalue weighted by molar-refractivity contribution is 7.19. The molecule has 2 rings (SSSR count). The molecule has 3 N–H and O–H groups in total. The maximum absolute atomic E-state index is 13.6. The molecule has 0 aliphatic rings. The van der Waals surface area contributed by atoms with Gasteiger partial charge in [0, 0.05) is 18.6 Å². The van der Waals surface area contributed by atoms with E-state index in [1.54, 1.807) is 6.07 Å². The Hall–Kier alpha value is -1.71. The van der Waals surface area contributed by atoms with E-state index in [0.717, 1.165) is 17.7 Å². The highest BCUT2D eigenvalue weighted by atomic mass is 32.1. The Morgan fingerprint density at radius 1 is 1.53 bits per heavy atom. The van der Waals surface area contributed by atoms with Crippen LogP contribution in [-0.4, -0.2) is 18.1 Å². The van der Waals surface area contributed by atoms with E-state index in [4.69, 9.17) is 10.00 Å². The summed E-state index contributed by atoms with van der Waals surface area (Å²) in [6, 6.07) is 4.83. The summed E-state index contributed by atoms with van der Waals surface area (Å²) < 4.78 is 19.7. The molecule has 1 aromatic heterocycles. The molecule has 0 saturated heterocycles. The molecule has 0 spiro atoms. The van der Waals surface area contributed by atoms with Gasteiger partial charge in [-0.05, 0) is 0 Å². The third-order valence-electron chi connectivity index (χ3n) is 2.19. The minimum absolute atomic E-state index is 0.207. The third-order valence-corrected chi connectivity index (χ3v) is 3.11. The number of thiazole rings is 1. The smallest absolute Gasteiger partial charge is 0.195 e. The van der Waals surface area contributed by atoms with Crippen molar-refractivity contribution in [1.29, 1.82) is 5.26 Å². The minimum Gasteiger partial charge on any atom is -0.490 e. The van der Waals surface area contributed by atoms with Crippen molar-refractivity contribution in [2.75, 3.05) is 13.2 Å². The summed E-state index contributed by atoms with van der Waals surface area (Å²) >= 11 is 1.23. The molecule has 0 radical (unpaired) electrons. The molecule has 0 aliphatic heterocycles. The average Bonchev–Trinajstić information content (AvgIpc) is 2.71. The fourth-order valence-electron chi connectivity index (χ4n) is 1.37. The molecule has 0 fully saturated rings. The number of nitriles is 1. The average molecular weight is 252 g/mol. The molecule has 88 valence electrons. The lowest BCUT2D eigenvalue weighted by atomic mass is 10.3. The maximum atomic E-state index is 13.6. The Kier molecular flexibility index (Phi) is 3.52. The normalized spacial score (nSPS) is 10.4. The first-order chi connectivity index (χ1) is 8.24. The predicted molar refractivity (Wildman–Crippen MR) is 62.2 cm³/mol. The van der Waals surface area contributed by atoms with E-state index in [2.05, 4.69) is 10.7 Å². The van der Waals surface area contributed by atoms with Gasteiger partial charge in [0.25, 0.3) is 0 Å². The first-order valence-electron chi connectivity index (χ1n) is 5.17. The molecular formula is C11H11FN3OS+. The first kappa shape index (κ1) is 11.8. The van der Waals surface area contributed by atoms with E-state index in [0.29, 0.717) is 17.1 Å². The van der Waals surface area contributed by atoms with Gasteiger partial charge < -0.3 is 10.5 Å². The lowest BCUT2D eigenvalue weighted by Gasteiger charge is -2.05. The van der Waals surface area contributed by atoms with Gasteiger partial charge in [0.2, 0.25) is 0 Å². The highest BCUT2D eigenvalue weighted by Gasteiger charge is 2.10. The highest BCUT2D eigenvalue weighted by Crippen LogP contribution is 2.28. The van der Waals surface area contributed by atoms with E-state index in [1.165, 1.54) is 17.4 Å². The number of aromatic nitrogens is 1. The lowest BCUT2D eigenvalue weighted by Crippen LogP contribution is -2.50. The Morgan fingerprint density at radius 3 is 3.06 bits per heavy atom. The summed E-state index contributed by atoms with van der Waals surface area (Å²) in [6.07, 6.45) is 0.781. The van der Waals surface area contributed by atoms with Gasteiger partial charge in [-0.15, -0.1) is 11.3 Å². The van der Waals surface area contributed by atoms with Crippen molar-refractivity contribution < 1.29 is 14.9 Å². The zero-order valence-electron chi connectivity index (χ0n) is 9.07. The Labute approximate surface area is 101 Å². The third kappa shape index (κ3) is 2.52. The van der Waals surface area contributed by atoms with E-state index in [1.807, 2.05) is 6.07 Å². The van der Waals surface area contributed by atoms with Crippen LogP contribution in [0, 0.1) is 17.1 Å². The summed E-state index contributed by atoms with van der Waals surface area (Å²) in [5.74, 6) is -0.240. The van der Waals surface area contributed by atoms with Gasteiger partial charge in [0.05, 0.1) is 23.4 Å². The Balaban J connectivity index is 2.31. The first-order valence-corrected chi connectivity index (χ1v) is 5.98. The van der Waals surface area contributed by atoms with Gasteiger partial charge in [0.15, 0.2) is 16.6 Å². The number of benzene rings is 1. The van der Waals surface area contributed by atoms with Gasteiger partial charge in [0.1, 0.15) is 6.07 Å².